The van der Waals surface area contributed by atoms with E-state index in [0.29, 0.717) is 30.4 Å². The highest BCUT2D eigenvalue weighted by Crippen LogP contribution is 2.33. The van der Waals surface area contributed by atoms with Crippen molar-refractivity contribution in [2.75, 3.05) is 18.4 Å². The number of piperidine rings is 1. The quantitative estimate of drug-likeness (QED) is 0.354. The Kier molecular flexibility index (Phi) is 11.0. The Hall–Kier alpha value is -3.28. The molecule has 0 atom stereocenters. The molecule has 1 fully saturated rings. The lowest BCUT2D eigenvalue weighted by molar-refractivity contribution is -0.131. The van der Waals surface area contributed by atoms with E-state index in [9.17, 15) is 18.4 Å². The molecule has 0 radical (unpaired) electrons. The third-order valence-electron chi connectivity index (χ3n) is 5.49. The van der Waals surface area contributed by atoms with Gasteiger partial charge in [-0.3, -0.25) is 9.69 Å². The lowest BCUT2D eigenvalue weighted by Gasteiger charge is -2.32. The molecule has 1 saturated heterocycles. The van der Waals surface area contributed by atoms with Crippen molar-refractivity contribution in [1.82, 2.24) is 14.9 Å². The molecule has 0 amide bonds. The van der Waals surface area contributed by atoms with Crippen LogP contribution in [0, 0.1) is 11.6 Å². The van der Waals surface area contributed by atoms with Crippen LogP contribution in [0.25, 0.3) is 10.2 Å². The molecule has 4 rings (SSSR count). The molecule has 0 aliphatic carbocycles. The number of carboxylic acids is 1. The third-order valence-corrected chi connectivity index (χ3v) is 6.84. The van der Waals surface area contributed by atoms with Crippen molar-refractivity contribution < 1.29 is 29.0 Å². The van der Waals surface area contributed by atoms with Crippen molar-refractivity contribution in [2.24, 2.45) is 0 Å². The summed E-state index contributed by atoms with van der Waals surface area (Å²) in [6.07, 6.45) is 5.65. The largest absolute Gasteiger partial charge is 0.478 e. The number of nitrogens with zero attached hydrogens (tertiary/aromatic N) is 3. The van der Waals surface area contributed by atoms with Gasteiger partial charge in [0.05, 0.1) is 5.39 Å². The van der Waals surface area contributed by atoms with Gasteiger partial charge in [0.25, 0.3) is 0 Å². The number of rotatable bonds is 7. The molecular weight excluding hydrogens is 490 g/mol. The Morgan fingerprint density at radius 2 is 1.86 bits per heavy atom. The van der Waals surface area contributed by atoms with Crippen LogP contribution >= 0.6 is 11.3 Å². The molecule has 1 aliphatic heterocycles. The van der Waals surface area contributed by atoms with Gasteiger partial charge in [0, 0.05) is 42.7 Å². The van der Waals surface area contributed by atoms with E-state index in [1.54, 1.807) is 17.7 Å². The van der Waals surface area contributed by atoms with Gasteiger partial charge in [-0.1, -0.05) is 13.8 Å². The lowest BCUT2D eigenvalue weighted by Crippen LogP contribution is -2.38. The summed E-state index contributed by atoms with van der Waals surface area (Å²) in [6, 6.07) is 6.26. The summed E-state index contributed by atoms with van der Waals surface area (Å²) in [4.78, 5) is 32.3. The Morgan fingerprint density at radius 3 is 2.42 bits per heavy atom. The van der Waals surface area contributed by atoms with Crippen LogP contribution in [-0.4, -0.2) is 56.8 Å². The van der Waals surface area contributed by atoms with E-state index in [1.165, 1.54) is 17.0 Å². The lowest BCUT2D eigenvalue weighted by atomic mass is 10.0. The maximum Gasteiger partial charge on any atom is 0.328 e. The van der Waals surface area contributed by atoms with Crippen molar-refractivity contribution >= 4 is 39.6 Å². The second-order valence-electron chi connectivity index (χ2n) is 8.55. The number of carbonyl (C=O) groups is 2. The average molecular weight is 521 g/mol. The smallest absolute Gasteiger partial charge is 0.328 e. The average Bonchev–Trinajstić information content (AvgIpc) is 3.25. The fourth-order valence-corrected chi connectivity index (χ4v) is 4.79. The van der Waals surface area contributed by atoms with Crippen molar-refractivity contribution in [3.8, 4) is 0 Å². The maximum atomic E-state index is 13.4. The zero-order valence-electron chi connectivity index (χ0n) is 20.1. The van der Waals surface area contributed by atoms with Crippen LogP contribution in [-0.2, 0) is 16.1 Å². The molecule has 3 aromatic rings. The topological polar surface area (TPSA) is 127 Å². The number of carbonyl (C=O) groups excluding carboxylic acids is 1. The van der Waals surface area contributed by atoms with Gasteiger partial charge in [-0.05, 0) is 48.6 Å². The molecule has 0 saturated carbocycles. The Labute approximate surface area is 212 Å². The summed E-state index contributed by atoms with van der Waals surface area (Å²) >= 11 is 1.72. The van der Waals surface area contributed by atoms with E-state index in [-0.39, 0.29) is 5.48 Å². The van der Waals surface area contributed by atoms with Crippen molar-refractivity contribution in [3.05, 3.63) is 64.8 Å². The van der Waals surface area contributed by atoms with Crippen molar-refractivity contribution in [2.45, 2.75) is 45.2 Å². The number of thiophene rings is 1. The molecule has 1 aromatic carbocycles. The van der Waals surface area contributed by atoms with Crippen LogP contribution in [0.4, 0.5) is 14.6 Å². The number of aliphatic carboxylic acids is 1. The Bertz CT molecular complexity index is 1170. The first-order chi connectivity index (χ1) is 16.7. The van der Waals surface area contributed by atoms with E-state index in [4.69, 9.17) is 5.11 Å². The Balaban J connectivity index is 0.000000503. The van der Waals surface area contributed by atoms with Gasteiger partial charge < -0.3 is 15.9 Å². The highest BCUT2D eigenvalue weighted by molar-refractivity contribution is 7.18. The molecule has 194 valence electrons. The minimum atomic E-state index is -1.10. The van der Waals surface area contributed by atoms with E-state index >= 15 is 0 Å². The number of halogens is 2. The molecule has 2 aromatic heterocycles. The third kappa shape index (κ3) is 8.43. The molecule has 4 N–H and O–H groups in total. The predicted octanol–water partition coefficient (Wildman–Crippen LogP) is 4.17. The van der Waals surface area contributed by atoms with E-state index in [2.05, 4.69) is 40.1 Å². The van der Waals surface area contributed by atoms with Crippen molar-refractivity contribution in [3.63, 3.8) is 0 Å². The number of anilines is 1. The summed E-state index contributed by atoms with van der Waals surface area (Å²) in [5.74, 6) is -0.763. The zero-order valence-corrected chi connectivity index (χ0v) is 20.9. The first-order valence-electron chi connectivity index (χ1n) is 11.3. The summed E-state index contributed by atoms with van der Waals surface area (Å²) in [5, 5.41) is 12.5. The van der Waals surface area contributed by atoms with Gasteiger partial charge in [-0.2, -0.15) is 0 Å². The van der Waals surface area contributed by atoms with Crippen LogP contribution in [0.3, 0.4) is 0 Å². The number of carboxylic acid groups (broad SMARTS) is 1. The molecular formula is C25H30F2N4O4S. The first-order valence-corrected chi connectivity index (χ1v) is 12.1. The molecule has 0 bridgehead atoms. The molecule has 8 nitrogen and oxygen atoms in total. The number of aldehydes is 1. The van der Waals surface area contributed by atoms with Crippen LogP contribution in [0.15, 0.2) is 42.7 Å². The van der Waals surface area contributed by atoms with Crippen LogP contribution in [0.1, 0.15) is 43.0 Å². The minimum Gasteiger partial charge on any atom is -0.478 e. The van der Waals surface area contributed by atoms with Gasteiger partial charge in [0.15, 0.2) is 0 Å². The van der Waals surface area contributed by atoms with Crippen LogP contribution < -0.4 is 5.32 Å². The second kappa shape index (κ2) is 13.7. The molecule has 3 heterocycles. The van der Waals surface area contributed by atoms with E-state index in [1.807, 2.05) is 0 Å². The van der Waals surface area contributed by atoms with Crippen LogP contribution in [0.5, 0.6) is 0 Å². The van der Waals surface area contributed by atoms with Gasteiger partial charge >= 0.3 is 5.97 Å². The first kappa shape index (κ1) is 29.0. The monoisotopic (exact) mass is 520 g/mol. The summed E-state index contributed by atoms with van der Waals surface area (Å²) in [5.41, 5.74) is 0.681. The molecule has 0 unspecified atom stereocenters. The number of allylic oxidation sites excluding steroid dienone is 1. The number of hydrogen-bond acceptors (Lipinski definition) is 7. The van der Waals surface area contributed by atoms with Crippen molar-refractivity contribution in [1.29, 1.82) is 0 Å². The summed E-state index contributed by atoms with van der Waals surface area (Å²) in [7, 11) is 0. The predicted molar refractivity (Wildman–Crippen MR) is 136 cm³/mol. The molecule has 11 heteroatoms. The highest BCUT2D eigenvalue weighted by atomic mass is 32.1. The van der Waals surface area contributed by atoms with Gasteiger partial charge in [0.2, 0.25) is 0 Å². The molecule has 0 spiro atoms. The number of benzene rings is 1. The zero-order chi connectivity index (χ0) is 25.4. The minimum absolute atomic E-state index is 0. The maximum absolute atomic E-state index is 13.4. The van der Waals surface area contributed by atoms with Crippen LogP contribution in [0.2, 0.25) is 0 Å². The number of nitrogens with one attached hydrogen (secondary N) is 1. The SMILES string of the molecule is CC(C)c1cc2c(NC3CCN(Cc4cc(F)cc(F)c4)CC3)ncnc2s1.O.O=C/C=C\C(=O)O. The van der Waals surface area contributed by atoms with Gasteiger partial charge in [0.1, 0.15) is 34.9 Å². The van der Waals surface area contributed by atoms with Gasteiger partial charge in [-0.15, -0.1) is 11.3 Å². The van der Waals surface area contributed by atoms with E-state index < -0.39 is 17.6 Å². The normalized spacial score (nSPS) is 14.4. The standard InChI is InChI=1S/C21H24F2N4S.C4H4O3.H2O/c1-13(2)19-10-18-20(24-12-25-21(18)28-19)26-17-3-5-27(6-4-17)11-14-7-15(22)9-16(23)8-14;5-3-1-2-4(6)7;/h7-10,12-13,17H,3-6,11H2,1-2H3,(H,24,25,26);1-3H,(H,6,7);1H2/b;2-1-;. The number of hydrogen-bond donors (Lipinski definition) is 2. The highest BCUT2D eigenvalue weighted by Gasteiger charge is 2.21. The summed E-state index contributed by atoms with van der Waals surface area (Å²) in [6.45, 7) is 6.70. The van der Waals surface area contributed by atoms with Gasteiger partial charge in [-0.25, -0.2) is 23.5 Å². The number of likely N-dealkylation sites (tertiary alicyclic amines) is 1. The fourth-order valence-electron chi connectivity index (χ4n) is 3.78. The fraction of sp³-hybridized carbons (Fsp3) is 0.360. The van der Waals surface area contributed by atoms with E-state index in [0.717, 1.165) is 60.2 Å². The Morgan fingerprint density at radius 1 is 1.19 bits per heavy atom. The number of fused-ring (bicyclic) bond motifs is 1. The molecule has 36 heavy (non-hydrogen) atoms. The number of aromatic nitrogens is 2. The second-order valence-corrected chi connectivity index (χ2v) is 9.61. The summed E-state index contributed by atoms with van der Waals surface area (Å²) < 4.78 is 26.8. The molecule has 1 aliphatic rings.